The average molecular weight is 324 g/mol. The molecular formula is C17H28N2O4. The summed E-state index contributed by atoms with van der Waals surface area (Å²) in [6, 6.07) is 4.37. The van der Waals surface area contributed by atoms with Crippen LogP contribution in [-0.4, -0.2) is 65.1 Å². The highest BCUT2D eigenvalue weighted by molar-refractivity contribution is 5.53. The van der Waals surface area contributed by atoms with Crippen LogP contribution in [0.15, 0.2) is 12.1 Å². The number of rotatable bonds is 7. The normalized spacial score (nSPS) is 20.1. The Balaban J connectivity index is 2.13. The second-order valence-electron chi connectivity index (χ2n) is 5.77. The molecule has 0 aromatic heterocycles. The first-order chi connectivity index (χ1) is 11.1. The third kappa shape index (κ3) is 4.28. The van der Waals surface area contributed by atoms with Crippen molar-refractivity contribution < 1.29 is 18.9 Å². The molecule has 1 aromatic carbocycles. The third-order valence-corrected chi connectivity index (χ3v) is 4.36. The van der Waals surface area contributed by atoms with E-state index in [2.05, 4.69) is 17.1 Å². The molecule has 2 atom stereocenters. The van der Waals surface area contributed by atoms with E-state index in [-0.39, 0.29) is 6.10 Å². The lowest BCUT2D eigenvalue weighted by Crippen LogP contribution is -2.54. The highest BCUT2D eigenvalue weighted by Crippen LogP contribution is 2.38. The molecule has 0 spiro atoms. The zero-order valence-electron chi connectivity index (χ0n) is 14.7. The van der Waals surface area contributed by atoms with E-state index >= 15 is 0 Å². The molecule has 2 unspecified atom stereocenters. The number of hydrogen-bond acceptors (Lipinski definition) is 6. The Labute approximate surface area is 138 Å². The van der Waals surface area contributed by atoms with Gasteiger partial charge in [0.2, 0.25) is 5.75 Å². The van der Waals surface area contributed by atoms with Crippen LogP contribution in [0.2, 0.25) is 0 Å². The Morgan fingerprint density at radius 3 is 2.30 bits per heavy atom. The number of piperazine rings is 1. The summed E-state index contributed by atoms with van der Waals surface area (Å²) in [4.78, 5) is 2.41. The van der Waals surface area contributed by atoms with Gasteiger partial charge in [0.1, 0.15) is 0 Å². The number of nitrogens with zero attached hydrogens (tertiary/aromatic N) is 1. The van der Waals surface area contributed by atoms with Crippen molar-refractivity contribution in [2.24, 2.45) is 0 Å². The Kier molecular flexibility index (Phi) is 6.50. The molecule has 23 heavy (non-hydrogen) atoms. The van der Waals surface area contributed by atoms with Gasteiger partial charge in [-0.25, -0.2) is 0 Å². The third-order valence-electron chi connectivity index (χ3n) is 4.36. The summed E-state index contributed by atoms with van der Waals surface area (Å²) in [7, 11) is 6.65. The first-order valence-corrected chi connectivity index (χ1v) is 7.90. The largest absolute Gasteiger partial charge is 0.493 e. The summed E-state index contributed by atoms with van der Waals surface area (Å²) in [6.07, 6.45) is 0.192. The zero-order valence-corrected chi connectivity index (χ0v) is 14.7. The van der Waals surface area contributed by atoms with Crippen LogP contribution >= 0.6 is 0 Å². The molecule has 6 nitrogen and oxygen atoms in total. The molecule has 0 amide bonds. The number of ether oxygens (including phenoxy) is 4. The SMILES string of the molecule is COc1cc(CN2CCNC(C(C)OC)C2)cc(OC)c1OC. The highest BCUT2D eigenvalue weighted by atomic mass is 16.5. The summed E-state index contributed by atoms with van der Waals surface area (Å²) in [5, 5.41) is 3.51. The molecule has 1 saturated heterocycles. The lowest BCUT2D eigenvalue weighted by atomic mass is 10.1. The maximum atomic E-state index is 5.45. The van der Waals surface area contributed by atoms with Gasteiger partial charge in [0, 0.05) is 39.3 Å². The van der Waals surface area contributed by atoms with E-state index in [0.29, 0.717) is 23.3 Å². The molecule has 1 aromatic rings. The van der Waals surface area contributed by atoms with Gasteiger partial charge in [-0.05, 0) is 24.6 Å². The van der Waals surface area contributed by atoms with Crippen molar-refractivity contribution in [2.45, 2.75) is 25.6 Å². The summed E-state index contributed by atoms with van der Waals surface area (Å²) in [6.45, 7) is 5.85. The Morgan fingerprint density at radius 1 is 1.13 bits per heavy atom. The minimum atomic E-state index is 0.192. The topological polar surface area (TPSA) is 52.2 Å². The van der Waals surface area contributed by atoms with Crippen molar-refractivity contribution in [1.29, 1.82) is 0 Å². The fraction of sp³-hybridized carbons (Fsp3) is 0.647. The van der Waals surface area contributed by atoms with E-state index in [1.54, 1.807) is 28.4 Å². The monoisotopic (exact) mass is 324 g/mol. The van der Waals surface area contributed by atoms with Gasteiger partial charge >= 0.3 is 0 Å². The maximum Gasteiger partial charge on any atom is 0.203 e. The summed E-state index contributed by atoms with van der Waals surface area (Å²) < 4.78 is 21.7. The predicted octanol–water partition coefficient (Wildman–Crippen LogP) is 1.52. The quantitative estimate of drug-likeness (QED) is 0.821. The molecule has 0 saturated carbocycles. The fourth-order valence-corrected chi connectivity index (χ4v) is 2.95. The van der Waals surface area contributed by atoms with Crippen LogP contribution < -0.4 is 19.5 Å². The van der Waals surface area contributed by atoms with Crippen LogP contribution in [0.25, 0.3) is 0 Å². The van der Waals surface area contributed by atoms with Crippen molar-refractivity contribution in [3.05, 3.63) is 17.7 Å². The van der Waals surface area contributed by atoms with Crippen LogP contribution in [0.4, 0.5) is 0 Å². The van der Waals surface area contributed by atoms with E-state index in [1.165, 1.54) is 0 Å². The fourth-order valence-electron chi connectivity index (χ4n) is 2.95. The van der Waals surface area contributed by atoms with E-state index in [9.17, 15) is 0 Å². The van der Waals surface area contributed by atoms with Crippen molar-refractivity contribution in [3.8, 4) is 17.2 Å². The Hall–Kier alpha value is -1.50. The molecule has 1 aliphatic heterocycles. The number of nitrogens with one attached hydrogen (secondary N) is 1. The van der Waals surface area contributed by atoms with Gasteiger partial charge in [-0.3, -0.25) is 4.90 Å². The molecule has 0 bridgehead atoms. The average Bonchev–Trinajstić information content (AvgIpc) is 2.60. The molecule has 1 N–H and O–H groups in total. The summed E-state index contributed by atoms with van der Waals surface area (Å²) >= 11 is 0. The Morgan fingerprint density at radius 2 is 1.78 bits per heavy atom. The summed E-state index contributed by atoms with van der Waals surface area (Å²) in [5.74, 6) is 2.02. The molecule has 0 radical (unpaired) electrons. The molecule has 0 aliphatic carbocycles. The number of hydrogen-bond donors (Lipinski definition) is 1. The van der Waals surface area contributed by atoms with Crippen LogP contribution in [0.1, 0.15) is 12.5 Å². The van der Waals surface area contributed by atoms with E-state index in [0.717, 1.165) is 31.7 Å². The molecule has 130 valence electrons. The van der Waals surface area contributed by atoms with Crippen molar-refractivity contribution in [3.63, 3.8) is 0 Å². The van der Waals surface area contributed by atoms with Crippen LogP contribution in [0, 0.1) is 0 Å². The highest BCUT2D eigenvalue weighted by Gasteiger charge is 2.24. The zero-order chi connectivity index (χ0) is 16.8. The standard InChI is InChI=1S/C17H28N2O4/c1-12(20-2)14-11-19(7-6-18-14)10-13-8-15(21-3)17(23-5)16(9-13)22-4/h8-9,12,14,18H,6-7,10-11H2,1-5H3. The first-order valence-electron chi connectivity index (χ1n) is 7.90. The van der Waals surface area contributed by atoms with Gasteiger partial charge in [-0.15, -0.1) is 0 Å². The maximum absolute atomic E-state index is 5.45. The van der Waals surface area contributed by atoms with E-state index in [1.807, 2.05) is 12.1 Å². The minimum absolute atomic E-state index is 0.192. The second-order valence-corrected chi connectivity index (χ2v) is 5.77. The molecule has 1 aliphatic rings. The lowest BCUT2D eigenvalue weighted by Gasteiger charge is -2.36. The van der Waals surface area contributed by atoms with Crippen molar-refractivity contribution in [2.75, 3.05) is 48.1 Å². The first kappa shape index (κ1) is 17.8. The van der Waals surface area contributed by atoms with Crippen molar-refractivity contribution >= 4 is 0 Å². The predicted molar refractivity (Wildman–Crippen MR) is 89.6 cm³/mol. The molecule has 1 heterocycles. The Bertz CT molecular complexity index is 484. The van der Waals surface area contributed by atoms with Crippen LogP contribution in [-0.2, 0) is 11.3 Å². The minimum Gasteiger partial charge on any atom is -0.493 e. The van der Waals surface area contributed by atoms with Gasteiger partial charge < -0.3 is 24.3 Å². The second kappa shape index (κ2) is 8.38. The van der Waals surface area contributed by atoms with Gasteiger partial charge in [-0.1, -0.05) is 0 Å². The van der Waals surface area contributed by atoms with Gasteiger partial charge in [0.25, 0.3) is 0 Å². The van der Waals surface area contributed by atoms with Gasteiger partial charge in [-0.2, -0.15) is 0 Å². The van der Waals surface area contributed by atoms with Gasteiger partial charge in [0.05, 0.1) is 27.4 Å². The smallest absolute Gasteiger partial charge is 0.203 e. The van der Waals surface area contributed by atoms with Gasteiger partial charge in [0.15, 0.2) is 11.5 Å². The molecule has 2 rings (SSSR count). The molecule has 1 fully saturated rings. The van der Waals surface area contributed by atoms with E-state index < -0.39 is 0 Å². The molecular weight excluding hydrogens is 296 g/mol. The van der Waals surface area contributed by atoms with Crippen LogP contribution in [0.3, 0.4) is 0 Å². The lowest BCUT2D eigenvalue weighted by molar-refractivity contribution is 0.0502. The van der Waals surface area contributed by atoms with Crippen molar-refractivity contribution in [1.82, 2.24) is 10.2 Å². The number of benzene rings is 1. The van der Waals surface area contributed by atoms with E-state index in [4.69, 9.17) is 18.9 Å². The number of methoxy groups -OCH3 is 4. The molecule has 6 heteroatoms. The summed E-state index contributed by atoms with van der Waals surface area (Å²) in [5.41, 5.74) is 1.14. The van der Waals surface area contributed by atoms with Crippen LogP contribution in [0.5, 0.6) is 17.2 Å².